The summed E-state index contributed by atoms with van der Waals surface area (Å²) in [4.78, 5) is 15.3. The molecule has 1 N–H and O–H groups in total. The molecule has 0 spiro atoms. The molecule has 1 atom stereocenters. The van der Waals surface area contributed by atoms with Gasteiger partial charge in [0.1, 0.15) is 0 Å². The maximum Gasteiger partial charge on any atom is 0.220 e. The van der Waals surface area contributed by atoms with Gasteiger partial charge in [0.2, 0.25) is 5.91 Å². The van der Waals surface area contributed by atoms with Gasteiger partial charge in [-0.25, -0.2) is 0 Å². The Morgan fingerprint density at radius 3 is 2.09 bits per heavy atom. The summed E-state index contributed by atoms with van der Waals surface area (Å²) in [5, 5.41) is 3.90. The van der Waals surface area contributed by atoms with Crippen molar-refractivity contribution in [3.8, 4) is 11.5 Å². The fourth-order valence-electron chi connectivity index (χ4n) is 7.08. The number of nitrogens with one attached hydrogen (secondary N) is 1. The number of fused-ring (bicyclic) bond motifs is 1. The van der Waals surface area contributed by atoms with Crippen molar-refractivity contribution in [2.45, 2.75) is 63.3 Å². The highest BCUT2D eigenvalue weighted by Gasteiger charge is 2.34. The predicted molar refractivity (Wildman–Crippen MR) is 195 cm³/mol. The molecule has 0 aliphatic carbocycles. The van der Waals surface area contributed by atoms with Crippen LogP contribution in [0.25, 0.3) is 0 Å². The van der Waals surface area contributed by atoms with Crippen LogP contribution in [-0.4, -0.2) is 44.7 Å². The highest BCUT2D eigenvalue weighted by Crippen LogP contribution is 2.42. The van der Waals surface area contributed by atoms with E-state index in [1.54, 1.807) is 14.2 Å². The minimum absolute atomic E-state index is 0. The van der Waals surface area contributed by atoms with Gasteiger partial charge in [0.05, 0.1) is 14.2 Å². The second kappa shape index (κ2) is 17.6. The number of methoxy groups -OCH3 is 2. The van der Waals surface area contributed by atoms with Gasteiger partial charge in [-0.3, -0.25) is 9.69 Å². The zero-order valence-electron chi connectivity index (χ0n) is 27.8. The number of aryl methyl sites for hydroxylation is 1. The molecule has 0 radical (unpaired) electrons. The van der Waals surface area contributed by atoms with Gasteiger partial charge in [-0.2, -0.15) is 0 Å². The third-order valence-electron chi connectivity index (χ3n) is 9.67. The smallest absolute Gasteiger partial charge is 0.220 e. The van der Waals surface area contributed by atoms with E-state index < -0.39 is 0 Å². The van der Waals surface area contributed by atoms with Crippen LogP contribution < -0.4 is 14.8 Å². The number of benzene rings is 4. The van der Waals surface area contributed by atoms with Crippen LogP contribution in [0.2, 0.25) is 5.02 Å². The van der Waals surface area contributed by atoms with Gasteiger partial charge in [0.25, 0.3) is 0 Å². The molecule has 4 aromatic rings. The topological polar surface area (TPSA) is 50.8 Å². The van der Waals surface area contributed by atoms with Gasteiger partial charge in [0.15, 0.2) is 11.5 Å². The maximum atomic E-state index is 12.7. The van der Waals surface area contributed by atoms with Crippen LogP contribution in [0.15, 0.2) is 97.1 Å². The monoisotopic (exact) mass is 674 g/mol. The molecule has 4 aromatic carbocycles. The Morgan fingerprint density at radius 2 is 1.47 bits per heavy atom. The molecule has 0 saturated heterocycles. The largest absolute Gasteiger partial charge is 0.493 e. The third kappa shape index (κ3) is 9.10. The molecule has 7 heteroatoms. The van der Waals surface area contributed by atoms with Crippen LogP contribution in [0.5, 0.6) is 11.5 Å². The van der Waals surface area contributed by atoms with Crippen molar-refractivity contribution in [1.82, 2.24) is 10.2 Å². The SMILES string of the molecule is COc1cc2c(cc1OC)C(C)N(CCCC(CCCNC(=O)CCc1ccc(Cl)cc1)(c1ccccc1)c1ccccc1)CC2.Cl. The molecular weight excluding hydrogens is 627 g/mol. The van der Waals surface area contributed by atoms with Crippen LogP contribution in [0.3, 0.4) is 0 Å². The lowest BCUT2D eigenvalue weighted by Gasteiger charge is -2.39. The van der Waals surface area contributed by atoms with Crippen molar-refractivity contribution >= 4 is 29.9 Å². The summed E-state index contributed by atoms with van der Waals surface area (Å²) in [6, 6.07) is 34.2. The number of amides is 1. The lowest BCUT2D eigenvalue weighted by Crippen LogP contribution is -2.36. The van der Waals surface area contributed by atoms with Crippen molar-refractivity contribution < 1.29 is 14.3 Å². The Labute approximate surface area is 292 Å². The summed E-state index contributed by atoms with van der Waals surface area (Å²) in [7, 11) is 3.40. The molecular formula is C40H48Cl2N2O3. The number of nitrogens with zero attached hydrogens (tertiary/aromatic N) is 1. The van der Waals surface area contributed by atoms with E-state index in [0.717, 1.165) is 62.3 Å². The quantitative estimate of drug-likeness (QED) is 0.128. The van der Waals surface area contributed by atoms with Gasteiger partial charge in [0, 0.05) is 36.0 Å². The number of ether oxygens (including phenoxy) is 2. The van der Waals surface area contributed by atoms with Crippen molar-refractivity contribution in [1.29, 1.82) is 0 Å². The average molecular weight is 676 g/mol. The second-order valence-corrected chi connectivity index (χ2v) is 12.8. The molecule has 1 aliphatic rings. The van der Waals surface area contributed by atoms with Crippen molar-refractivity contribution in [2.24, 2.45) is 0 Å². The van der Waals surface area contributed by atoms with Gasteiger partial charge in [-0.1, -0.05) is 84.4 Å². The molecule has 1 unspecified atom stereocenters. The Kier molecular flexibility index (Phi) is 13.6. The molecule has 0 fully saturated rings. The lowest BCUT2D eigenvalue weighted by molar-refractivity contribution is -0.121. The van der Waals surface area contributed by atoms with Gasteiger partial charge in [-0.05, 0) is 104 Å². The Hall–Kier alpha value is -3.51. The number of halogens is 2. The molecule has 1 heterocycles. The van der Waals surface area contributed by atoms with Crippen LogP contribution in [0.4, 0.5) is 0 Å². The number of rotatable bonds is 15. The number of hydrogen-bond donors (Lipinski definition) is 1. The van der Waals surface area contributed by atoms with Crippen molar-refractivity contribution in [3.63, 3.8) is 0 Å². The van der Waals surface area contributed by atoms with Gasteiger partial charge >= 0.3 is 0 Å². The maximum absolute atomic E-state index is 12.7. The lowest BCUT2D eigenvalue weighted by atomic mass is 9.68. The average Bonchev–Trinajstić information content (AvgIpc) is 3.10. The van der Waals surface area contributed by atoms with Crippen LogP contribution in [-0.2, 0) is 23.1 Å². The summed E-state index contributed by atoms with van der Waals surface area (Å²) in [5.41, 5.74) is 6.32. The molecule has 1 amide bonds. The molecule has 0 aromatic heterocycles. The van der Waals surface area contributed by atoms with Crippen molar-refractivity contribution in [3.05, 3.63) is 130 Å². The van der Waals surface area contributed by atoms with Crippen LogP contribution in [0.1, 0.15) is 72.9 Å². The predicted octanol–water partition coefficient (Wildman–Crippen LogP) is 8.99. The summed E-state index contributed by atoms with van der Waals surface area (Å²) in [5.74, 6) is 1.68. The third-order valence-corrected chi connectivity index (χ3v) is 9.92. The molecule has 0 saturated carbocycles. The van der Waals surface area contributed by atoms with Gasteiger partial charge in [-0.15, -0.1) is 12.4 Å². The summed E-state index contributed by atoms with van der Waals surface area (Å²) < 4.78 is 11.2. The summed E-state index contributed by atoms with van der Waals surface area (Å²) >= 11 is 6.01. The second-order valence-electron chi connectivity index (χ2n) is 12.4. The fourth-order valence-corrected chi connectivity index (χ4v) is 7.21. The standard InChI is InChI=1S/C40H47ClN2O3.ClH/c1-30-36-29-38(46-3)37(45-2)28-32(36)22-27-43(30)26-11-24-40(33-12-6-4-7-13-33,34-14-8-5-9-15-34)23-10-25-42-39(44)21-18-31-16-19-35(41)20-17-31;/h4-9,12-17,19-20,28-30H,10-11,18,21-27H2,1-3H3,(H,42,44);1H. The normalized spacial score (nSPS) is 14.5. The molecule has 47 heavy (non-hydrogen) atoms. The minimum atomic E-state index is -0.149. The zero-order chi connectivity index (χ0) is 32.4. The first kappa shape index (κ1) is 36.3. The first-order valence-electron chi connectivity index (χ1n) is 16.5. The number of carbonyl (C=O) groups is 1. The molecule has 5 nitrogen and oxygen atoms in total. The Bertz CT molecular complexity index is 1510. The summed E-state index contributed by atoms with van der Waals surface area (Å²) in [6.45, 7) is 5.00. The fraction of sp³-hybridized carbons (Fsp3) is 0.375. The van der Waals surface area contributed by atoms with E-state index in [4.69, 9.17) is 21.1 Å². The van der Waals surface area contributed by atoms with Gasteiger partial charge < -0.3 is 14.8 Å². The van der Waals surface area contributed by atoms with Crippen LogP contribution >= 0.6 is 24.0 Å². The van der Waals surface area contributed by atoms with E-state index >= 15 is 0 Å². The number of carbonyl (C=O) groups excluding carboxylic acids is 1. The summed E-state index contributed by atoms with van der Waals surface area (Å²) in [6.07, 6.45) is 6.11. The Balaban J connectivity index is 0.00000500. The molecule has 5 rings (SSSR count). The Morgan fingerprint density at radius 1 is 0.872 bits per heavy atom. The first-order valence-corrected chi connectivity index (χ1v) is 16.9. The first-order chi connectivity index (χ1) is 22.4. The van der Waals surface area contributed by atoms with Crippen LogP contribution in [0, 0.1) is 0 Å². The van der Waals surface area contributed by atoms with E-state index in [9.17, 15) is 4.79 Å². The van der Waals surface area contributed by atoms with E-state index in [2.05, 4.69) is 89.9 Å². The number of hydrogen-bond acceptors (Lipinski definition) is 4. The zero-order valence-corrected chi connectivity index (χ0v) is 29.4. The van der Waals surface area contributed by atoms with E-state index in [1.165, 1.54) is 22.3 Å². The highest BCUT2D eigenvalue weighted by atomic mass is 35.5. The molecule has 1 aliphatic heterocycles. The molecule has 250 valence electrons. The minimum Gasteiger partial charge on any atom is -0.493 e. The van der Waals surface area contributed by atoms with E-state index in [-0.39, 0.29) is 23.7 Å². The highest BCUT2D eigenvalue weighted by molar-refractivity contribution is 6.30. The van der Waals surface area contributed by atoms with Crippen molar-refractivity contribution in [2.75, 3.05) is 33.9 Å². The van der Waals surface area contributed by atoms with E-state index in [0.29, 0.717) is 30.5 Å². The molecule has 0 bridgehead atoms. The van der Waals surface area contributed by atoms with E-state index in [1.807, 2.05) is 24.3 Å².